The fraction of sp³-hybridized carbons (Fsp3) is 0.333. The van der Waals surface area contributed by atoms with Gasteiger partial charge < -0.3 is 9.84 Å². The maximum absolute atomic E-state index is 10.4. The van der Waals surface area contributed by atoms with E-state index in [9.17, 15) is 5.11 Å². The topological polar surface area (TPSA) is 29.5 Å². The molecule has 0 aliphatic heterocycles. The summed E-state index contributed by atoms with van der Waals surface area (Å²) in [6, 6.07) is 15.8. The van der Waals surface area contributed by atoms with Gasteiger partial charge in [0.1, 0.15) is 11.9 Å². The summed E-state index contributed by atoms with van der Waals surface area (Å²) in [4.78, 5) is 0. The molecule has 0 radical (unpaired) electrons. The van der Waals surface area contributed by atoms with Gasteiger partial charge in [0, 0.05) is 0 Å². The fourth-order valence-electron chi connectivity index (χ4n) is 2.22. The van der Waals surface area contributed by atoms with Crippen LogP contribution in [-0.4, -0.2) is 12.2 Å². The van der Waals surface area contributed by atoms with Crippen molar-refractivity contribution in [2.45, 2.75) is 32.3 Å². The molecule has 0 saturated heterocycles. The van der Waals surface area contributed by atoms with Crippen molar-refractivity contribution in [1.82, 2.24) is 0 Å². The van der Waals surface area contributed by atoms with E-state index in [2.05, 4.69) is 26.0 Å². The lowest BCUT2D eigenvalue weighted by Gasteiger charge is -2.14. The second-order valence-corrected chi connectivity index (χ2v) is 5.15. The lowest BCUT2D eigenvalue weighted by atomic mass is 9.95. The van der Waals surface area contributed by atoms with E-state index >= 15 is 0 Å². The van der Waals surface area contributed by atoms with Gasteiger partial charge in [0.25, 0.3) is 0 Å². The van der Waals surface area contributed by atoms with Gasteiger partial charge in [-0.15, -0.1) is 0 Å². The Balaban J connectivity index is 2.17. The monoisotopic (exact) mass is 270 g/mol. The van der Waals surface area contributed by atoms with Crippen LogP contribution < -0.4 is 4.74 Å². The molecule has 0 fully saturated rings. The van der Waals surface area contributed by atoms with Crippen LogP contribution >= 0.6 is 0 Å². The van der Waals surface area contributed by atoms with Crippen LogP contribution in [0.1, 0.15) is 49.0 Å². The van der Waals surface area contributed by atoms with Crippen LogP contribution in [0.5, 0.6) is 5.75 Å². The minimum atomic E-state index is -0.591. The Morgan fingerprint density at radius 2 is 1.35 bits per heavy atom. The van der Waals surface area contributed by atoms with E-state index in [1.54, 1.807) is 7.11 Å². The second kappa shape index (κ2) is 6.58. The van der Waals surface area contributed by atoms with Crippen molar-refractivity contribution < 1.29 is 9.84 Å². The first-order valence-electron chi connectivity index (χ1n) is 7.07. The summed E-state index contributed by atoms with van der Waals surface area (Å²) in [5.74, 6) is 1.36. The molecule has 2 aromatic rings. The van der Waals surface area contributed by atoms with E-state index in [-0.39, 0.29) is 0 Å². The van der Waals surface area contributed by atoms with Gasteiger partial charge in [-0.25, -0.2) is 0 Å². The Labute approximate surface area is 121 Å². The van der Waals surface area contributed by atoms with Crippen molar-refractivity contribution in [2.24, 2.45) is 0 Å². The highest BCUT2D eigenvalue weighted by Gasteiger charge is 2.11. The highest BCUT2D eigenvalue weighted by atomic mass is 16.5. The summed E-state index contributed by atoms with van der Waals surface area (Å²) in [5, 5.41) is 10.4. The van der Waals surface area contributed by atoms with E-state index in [1.807, 2.05) is 36.4 Å². The van der Waals surface area contributed by atoms with E-state index in [0.717, 1.165) is 23.3 Å². The zero-order chi connectivity index (χ0) is 14.5. The van der Waals surface area contributed by atoms with Crippen LogP contribution in [0.25, 0.3) is 0 Å². The Hall–Kier alpha value is -1.80. The van der Waals surface area contributed by atoms with Crippen molar-refractivity contribution in [2.75, 3.05) is 7.11 Å². The first kappa shape index (κ1) is 14.6. The van der Waals surface area contributed by atoms with Gasteiger partial charge in [-0.05, 0) is 41.2 Å². The molecule has 0 bridgehead atoms. The average Bonchev–Trinajstić information content (AvgIpc) is 2.53. The Kier molecular flexibility index (Phi) is 4.80. The molecule has 0 heterocycles. The van der Waals surface area contributed by atoms with E-state index in [0.29, 0.717) is 5.92 Å². The quantitative estimate of drug-likeness (QED) is 0.878. The maximum atomic E-state index is 10.4. The van der Waals surface area contributed by atoms with Gasteiger partial charge >= 0.3 is 0 Å². The van der Waals surface area contributed by atoms with Crippen molar-refractivity contribution in [3.63, 3.8) is 0 Å². The third-order valence-electron chi connectivity index (χ3n) is 3.87. The summed E-state index contributed by atoms with van der Waals surface area (Å²) in [6.07, 6.45) is 0.535. The molecule has 0 amide bonds. The first-order chi connectivity index (χ1) is 9.65. The number of rotatable bonds is 5. The summed E-state index contributed by atoms with van der Waals surface area (Å²) >= 11 is 0. The van der Waals surface area contributed by atoms with Crippen LogP contribution in [0.4, 0.5) is 0 Å². The van der Waals surface area contributed by atoms with Crippen molar-refractivity contribution in [3.05, 3.63) is 65.2 Å². The molecule has 1 N–H and O–H groups in total. The van der Waals surface area contributed by atoms with Crippen molar-refractivity contribution >= 4 is 0 Å². The van der Waals surface area contributed by atoms with Gasteiger partial charge in [-0.1, -0.05) is 50.2 Å². The van der Waals surface area contributed by atoms with Crippen LogP contribution in [0.15, 0.2) is 48.5 Å². The van der Waals surface area contributed by atoms with E-state index in [1.165, 1.54) is 5.56 Å². The van der Waals surface area contributed by atoms with Crippen LogP contribution in [0.2, 0.25) is 0 Å². The summed E-state index contributed by atoms with van der Waals surface area (Å²) in [7, 11) is 1.64. The molecule has 2 atom stereocenters. The Morgan fingerprint density at radius 3 is 1.80 bits per heavy atom. The van der Waals surface area contributed by atoms with E-state index < -0.39 is 6.10 Å². The molecule has 0 aromatic heterocycles. The molecule has 2 rings (SSSR count). The highest BCUT2D eigenvalue weighted by Crippen LogP contribution is 2.26. The standard InChI is InChI=1S/C18H22O2/c1-4-13(2)14-5-7-15(8-6-14)18(19)16-9-11-17(20-3)12-10-16/h5-13,18-19H,4H2,1-3H3. The fourth-order valence-corrected chi connectivity index (χ4v) is 2.22. The third kappa shape index (κ3) is 3.20. The lowest BCUT2D eigenvalue weighted by molar-refractivity contribution is 0.220. The highest BCUT2D eigenvalue weighted by molar-refractivity contribution is 5.35. The zero-order valence-electron chi connectivity index (χ0n) is 12.3. The molecule has 20 heavy (non-hydrogen) atoms. The molecule has 2 unspecified atom stereocenters. The van der Waals surface area contributed by atoms with Crippen LogP contribution in [0.3, 0.4) is 0 Å². The molecule has 106 valence electrons. The second-order valence-electron chi connectivity index (χ2n) is 5.15. The largest absolute Gasteiger partial charge is 0.497 e. The molecule has 0 spiro atoms. The number of aliphatic hydroxyl groups excluding tert-OH is 1. The predicted molar refractivity (Wildman–Crippen MR) is 82.2 cm³/mol. The number of ether oxygens (including phenoxy) is 1. The molecular weight excluding hydrogens is 248 g/mol. The molecule has 2 aromatic carbocycles. The summed E-state index contributed by atoms with van der Waals surface area (Å²) in [6.45, 7) is 4.40. The number of benzene rings is 2. The van der Waals surface area contributed by atoms with Crippen molar-refractivity contribution in [1.29, 1.82) is 0 Å². The molecule has 0 aliphatic rings. The lowest BCUT2D eigenvalue weighted by Crippen LogP contribution is -2.00. The minimum absolute atomic E-state index is 0.558. The van der Waals surface area contributed by atoms with Crippen molar-refractivity contribution in [3.8, 4) is 5.75 Å². The predicted octanol–water partition coefficient (Wildman–Crippen LogP) is 4.29. The average molecular weight is 270 g/mol. The van der Waals surface area contributed by atoms with Crippen LogP contribution in [-0.2, 0) is 0 Å². The Bertz CT molecular complexity index is 528. The van der Waals surface area contributed by atoms with Gasteiger partial charge in [0.05, 0.1) is 7.11 Å². The molecule has 0 saturated carbocycles. The molecule has 0 aliphatic carbocycles. The number of methoxy groups -OCH3 is 1. The summed E-state index contributed by atoms with van der Waals surface area (Å²) in [5.41, 5.74) is 3.11. The third-order valence-corrected chi connectivity index (χ3v) is 3.87. The van der Waals surface area contributed by atoms with Gasteiger partial charge in [0.2, 0.25) is 0 Å². The van der Waals surface area contributed by atoms with Gasteiger partial charge in [-0.2, -0.15) is 0 Å². The number of hydrogen-bond donors (Lipinski definition) is 1. The van der Waals surface area contributed by atoms with E-state index in [4.69, 9.17) is 4.74 Å². The normalized spacial score (nSPS) is 13.8. The molecule has 2 heteroatoms. The van der Waals surface area contributed by atoms with Gasteiger partial charge in [-0.3, -0.25) is 0 Å². The van der Waals surface area contributed by atoms with Crippen LogP contribution in [0, 0.1) is 0 Å². The number of hydrogen-bond acceptors (Lipinski definition) is 2. The molecular formula is C18H22O2. The summed E-state index contributed by atoms with van der Waals surface area (Å²) < 4.78 is 5.13. The SMILES string of the molecule is CCC(C)c1ccc(C(O)c2ccc(OC)cc2)cc1. The molecule has 2 nitrogen and oxygen atoms in total. The smallest absolute Gasteiger partial charge is 0.118 e. The van der Waals surface area contributed by atoms with Gasteiger partial charge in [0.15, 0.2) is 0 Å². The Morgan fingerprint density at radius 1 is 0.900 bits per heavy atom. The number of aliphatic hydroxyl groups is 1. The zero-order valence-corrected chi connectivity index (χ0v) is 12.3. The first-order valence-corrected chi connectivity index (χ1v) is 7.07. The maximum Gasteiger partial charge on any atom is 0.118 e. The minimum Gasteiger partial charge on any atom is -0.497 e.